The lowest BCUT2D eigenvalue weighted by Crippen LogP contribution is -2.40. The van der Waals surface area contributed by atoms with Gasteiger partial charge in [0.15, 0.2) is 0 Å². The van der Waals surface area contributed by atoms with E-state index >= 15 is 0 Å². The third-order valence-electron chi connectivity index (χ3n) is 4.14. The molecule has 0 aromatic heterocycles. The van der Waals surface area contributed by atoms with Gasteiger partial charge in [-0.3, -0.25) is 4.79 Å². The lowest BCUT2D eigenvalue weighted by atomic mass is 10.2. The molecule has 7 nitrogen and oxygen atoms in total. The van der Waals surface area contributed by atoms with Gasteiger partial charge in [0.1, 0.15) is 10.6 Å². The first-order valence-electron chi connectivity index (χ1n) is 8.25. The second-order valence-electron chi connectivity index (χ2n) is 5.82. The van der Waals surface area contributed by atoms with Crippen molar-refractivity contribution in [2.24, 2.45) is 0 Å². The lowest BCUT2D eigenvalue weighted by Gasteiger charge is -2.26. The Bertz CT molecular complexity index is 943. The van der Waals surface area contributed by atoms with E-state index in [1.165, 1.54) is 29.6 Å². The number of ether oxygens (including phenoxy) is 2. The third kappa shape index (κ3) is 4.24. The number of amides is 1. The number of nitrogens with one attached hydrogen (secondary N) is 1. The van der Waals surface area contributed by atoms with Gasteiger partial charge >= 0.3 is 0 Å². The van der Waals surface area contributed by atoms with Crippen LogP contribution < -0.4 is 10.1 Å². The molecule has 0 bridgehead atoms. The van der Waals surface area contributed by atoms with Crippen molar-refractivity contribution in [1.29, 1.82) is 0 Å². The van der Waals surface area contributed by atoms with Crippen molar-refractivity contribution in [3.05, 3.63) is 53.1 Å². The second kappa shape index (κ2) is 8.26. The number of hydrogen-bond acceptors (Lipinski definition) is 5. The fourth-order valence-corrected chi connectivity index (χ4v) is 4.48. The van der Waals surface area contributed by atoms with Crippen molar-refractivity contribution < 1.29 is 22.7 Å². The number of carbonyl (C=O) groups is 1. The predicted molar refractivity (Wildman–Crippen MR) is 102 cm³/mol. The van der Waals surface area contributed by atoms with Crippen LogP contribution in [-0.4, -0.2) is 52.0 Å². The number of hydrogen-bond donors (Lipinski definition) is 1. The van der Waals surface area contributed by atoms with Gasteiger partial charge in [0, 0.05) is 18.7 Å². The molecule has 1 aliphatic rings. The minimum atomic E-state index is -3.82. The highest BCUT2D eigenvalue weighted by Gasteiger charge is 2.30. The minimum Gasteiger partial charge on any atom is -0.495 e. The number of carbonyl (C=O) groups excluding carboxylic acids is 1. The van der Waals surface area contributed by atoms with E-state index in [1.54, 1.807) is 24.3 Å². The van der Waals surface area contributed by atoms with Gasteiger partial charge in [0.25, 0.3) is 5.91 Å². The summed E-state index contributed by atoms with van der Waals surface area (Å²) < 4.78 is 37.7. The van der Waals surface area contributed by atoms with Gasteiger partial charge in [0.05, 0.1) is 31.0 Å². The van der Waals surface area contributed by atoms with Crippen LogP contribution in [0.25, 0.3) is 0 Å². The van der Waals surface area contributed by atoms with Crippen LogP contribution in [0.2, 0.25) is 5.02 Å². The van der Waals surface area contributed by atoms with Gasteiger partial charge in [-0.1, -0.05) is 23.7 Å². The zero-order valence-corrected chi connectivity index (χ0v) is 16.2. The zero-order chi connectivity index (χ0) is 19.4. The average Bonchev–Trinajstić information content (AvgIpc) is 2.69. The molecule has 0 unspecified atom stereocenters. The Morgan fingerprint density at radius 1 is 1.19 bits per heavy atom. The molecule has 1 saturated heterocycles. The van der Waals surface area contributed by atoms with E-state index in [-0.39, 0.29) is 29.3 Å². The number of sulfonamides is 1. The van der Waals surface area contributed by atoms with E-state index in [0.717, 1.165) is 0 Å². The normalized spacial score (nSPS) is 15.3. The summed E-state index contributed by atoms with van der Waals surface area (Å²) >= 11 is 6.06. The average molecular weight is 411 g/mol. The molecule has 0 radical (unpaired) electrons. The Hall–Kier alpha value is -2.13. The summed E-state index contributed by atoms with van der Waals surface area (Å²) in [5.74, 6) is -0.292. The molecule has 9 heteroatoms. The summed E-state index contributed by atoms with van der Waals surface area (Å²) in [6.07, 6.45) is 0. The molecule has 1 fully saturated rings. The number of halogens is 1. The number of anilines is 1. The minimum absolute atomic E-state index is 0.0568. The van der Waals surface area contributed by atoms with E-state index in [4.69, 9.17) is 21.1 Å². The largest absolute Gasteiger partial charge is 0.495 e. The highest BCUT2D eigenvalue weighted by atomic mass is 35.5. The van der Waals surface area contributed by atoms with Crippen LogP contribution in [0.4, 0.5) is 5.69 Å². The molecular formula is C18H19ClN2O5S. The second-order valence-corrected chi connectivity index (χ2v) is 8.13. The monoisotopic (exact) mass is 410 g/mol. The molecule has 0 spiro atoms. The van der Waals surface area contributed by atoms with E-state index in [1.807, 2.05) is 0 Å². The Morgan fingerprint density at radius 2 is 1.89 bits per heavy atom. The summed E-state index contributed by atoms with van der Waals surface area (Å²) in [6.45, 7) is 1.16. The van der Waals surface area contributed by atoms with Crippen LogP contribution in [0, 0.1) is 0 Å². The molecule has 1 heterocycles. The van der Waals surface area contributed by atoms with E-state index in [9.17, 15) is 13.2 Å². The Labute approximate surface area is 162 Å². The van der Waals surface area contributed by atoms with Crippen LogP contribution in [0.3, 0.4) is 0 Å². The maximum atomic E-state index is 13.0. The van der Waals surface area contributed by atoms with Crippen LogP contribution >= 0.6 is 11.6 Å². The number of morpholine rings is 1. The number of para-hydroxylation sites is 1. The van der Waals surface area contributed by atoms with E-state index in [0.29, 0.717) is 23.9 Å². The topological polar surface area (TPSA) is 84.9 Å². The summed E-state index contributed by atoms with van der Waals surface area (Å²) in [7, 11) is -2.43. The maximum Gasteiger partial charge on any atom is 0.255 e. The quantitative estimate of drug-likeness (QED) is 0.819. The van der Waals surface area contributed by atoms with Crippen molar-refractivity contribution in [3.63, 3.8) is 0 Å². The third-order valence-corrected chi connectivity index (χ3v) is 6.39. The fourth-order valence-electron chi connectivity index (χ4n) is 2.70. The molecular weight excluding hydrogens is 392 g/mol. The first-order chi connectivity index (χ1) is 12.9. The molecule has 0 atom stereocenters. The van der Waals surface area contributed by atoms with Gasteiger partial charge in [-0.25, -0.2) is 8.42 Å². The van der Waals surface area contributed by atoms with Gasteiger partial charge in [0.2, 0.25) is 10.0 Å². The van der Waals surface area contributed by atoms with Crippen molar-refractivity contribution in [2.75, 3.05) is 38.7 Å². The highest BCUT2D eigenvalue weighted by Crippen LogP contribution is 2.29. The van der Waals surface area contributed by atoms with Crippen molar-refractivity contribution in [1.82, 2.24) is 4.31 Å². The first-order valence-corrected chi connectivity index (χ1v) is 10.1. The Kier molecular flexibility index (Phi) is 6.01. The SMILES string of the molecule is COc1ccc(C(=O)Nc2ccccc2Cl)cc1S(=O)(=O)N1CCOCC1. The standard InChI is InChI=1S/C18H19ClN2O5S/c1-25-16-7-6-13(18(22)20-15-5-3-2-4-14(15)19)12-17(16)27(23,24)21-8-10-26-11-9-21/h2-7,12H,8-11H2,1H3,(H,20,22). The molecule has 2 aromatic carbocycles. The van der Waals surface area contributed by atoms with Crippen molar-refractivity contribution in [2.45, 2.75) is 4.90 Å². The zero-order valence-electron chi connectivity index (χ0n) is 14.6. The van der Waals surface area contributed by atoms with Gasteiger partial charge in [-0.2, -0.15) is 4.31 Å². The molecule has 0 saturated carbocycles. The molecule has 1 aliphatic heterocycles. The number of nitrogens with zero attached hydrogens (tertiary/aromatic N) is 1. The number of methoxy groups -OCH3 is 1. The van der Waals surface area contributed by atoms with Crippen LogP contribution in [0.1, 0.15) is 10.4 Å². The predicted octanol–water partition coefficient (Wildman–Crippen LogP) is 2.62. The van der Waals surface area contributed by atoms with Crippen LogP contribution in [0.15, 0.2) is 47.4 Å². The number of rotatable bonds is 5. The Morgan fingerprint density at radius 3 is 2.56 bits per heavy atom. The molecule has 27 heavy (non-hydrogen) atoms. The van der Waals surface area contributed by atoms with E-state index < -0.39 is 15.9 Å². The maximum absolute atomic E-state index is 13.0. The fraction of sp³-hybridized carbons (Fsp3) is 0.278. The summed E-state index contributed by atoms with van der Waals surface area (Å²) in [6, 6.07) is 11.1. The van der Waals surface area contributed by atoms with Crippen LogP contribution in [-0.2, 0) is 14.8 Å². The Balaban J connectivity index is 1.93. The summed E-state index contributed by atoms with van der Waals surface area (Å²) in [4.78, 5) is 12.5. The van der Waals surface area contributed by atoms with E-state index in [2.05, 4.69) is 5.32 Å². The van der Waals surface area contributed by atoms with Gasteiger partial charge in [-0.15, -0.1) is 0 Å². The van der Waals surface area contributed by atoms with Gasteiger partial charge < -0.3 is 14.8 Å². The van der Waals surface area contributed by atoms with Gasteiger partial charge in [-0.05, 0) is 30.3 Å². The molecule has 0 aliphatic carbocycles. The molecule has 1 amide bonds. The smallest absolute Gasteiger partial charge is 0.255 e. The van der Waals surface area contributed by atoms with Crippen molar-refractivity contribution >= 4 is 33.2 Å². The first kappa shape index (κ1) is 19.6. The highest BCUT2D eigenvalue weighted by molar-refractivity contribution is 7.89. The molecule has 3 rings (SSSR count). The van der Waals surface area contributed by atoms with Crippen molar-refractivity contribution in [3.8, 4) is 5.75 Å². The molecule has 2 aromatic rings. The number of benzene rings is 2. The molecule has 144 valence electrons. The lowest BCUT2D eigenvalue weighted by molar-refractivity contribution is 0.0729. The molecule has 1 N–H and O–H groups in total. The van der Waals surface area contributed by atoms with Crippen LogP contribution in [0.5, 0.6) is 5.75 Å². The summed E-state index contributed by atoms with van der Waals surface area (Å²) in [5.41, 5.74) is 0.625. The summed E-state index contributed by atoms with van der Waals surface area (Å²) in [5, 5.41) is 3.07.